The van der Waals surface area contributed by atoms with Gasteiger partial charge in [0.25, 0.3) is 5.60 Å². The van der Waals surface area contributed by atoms with E-state index >= 15 is 0 Å². The second kappa shape index (κ2) is 8.62. The van der Waals surface area contributed by atoms with Crippen LogP contribution in [0, 0.1) is 12.3 Å². The summed E-state index contributed by atoms with van der Waals surface area (Å²) in [5.74, 6) is -0.864. The zero-order chi connectivity index (χ0) is 24.8. The number of esters is 1. The summed E-state index contributed by atoms with van der Waals surface area (Å²) in [5.41, 5.74) is -4.30. The number of ether oxygens (including phenoxy) is 1. The van der Waals surface area contributed by atoms with Crippen molar-refractivity contribution < 1.29 is 36.0 Å². The van der Waals surface area contributed by atoms with E-state index in [1.54, 1.807) is 0 Å². The molecule has 1 aliphatic heterocycles. The van der Waals surface area contributed by atoms with Gasteiger partial charge in [0, 0.05) is 27.4 Å². The number of halogens is 5. The number of aryl methyl sites for hydroxylation is 1. The number of rotatable bonds is 5. The normalized spacial score (nSPS) is 20.7. The largest absolute Gasteiger partial charge is 0.437 e. The van der Waals surface area contributed by atoms with Crippen molar-refractivity contribution in [1.82, 2.24) is 0 Å². The second-order valence-corrected chi connectivity index (χ2v) is 10.2. The van der Waals surface area contributed by atoms with Crippen LogP contribution >= 0.6 is 23.2 Å². The van der Waals surface area contributed by atoms with Crippen LogP contribution in [0.5, 0.6) is 0 Å². The predicted molar refractivity (Wildman–Crippen MR) is 116 cm³/mol. The van der Waals surface area contributed by atoms with Gasteiger partial charge >= 0.3 is 12.1 Å². The van der Waals surface area contributed by atoms with Crippen LogP contribution < -0.4 is 0 Å². The van der Waals surface area contributed by atoms with E-state index in [2.05, 4.69) is 9.89 Å². The summed E-state index contributed by atoms with van der Waals surface area (Å²) in [6, 6.07) is 6.74. The van der Waals surface area contributed by atoms with E-state index in [9.17, 15) is 26.4 Å². The minimum absolute atomic E-state index is 0.0198. The molecule has 2 atom stereocenters. The minimum Gasteiger partial charge on any atom is -0.411 e. The maximum absolute atomic E-state index is 14.5. The number of carbonyl (C=O) groups is 1. The number of hydrogen-bond donors (Lipinski definition) is 1. The van der Waals surface area contributed by atoms with Crippen LogP contribution in [0.4, 0.5) is 13.2 Å². The Kier molecular flexibility index (Phi) is 6.53. The molecular weight excluding hydrogens is 508 g/mol. The Morgan fingerprint density at radius 2 is 1.82 bits per heavy atom. The Morgan fingerprint density at radius 1 is 1.21 bits per heavy atom. The summed E-state index contributed by atoms with van der Waals surface area (Å²) in [6.07, 6.45) is -4.18. The van der Waals surface area contributed by atoms with Gasteiger partial charge in [-0.3, -0.25) is 5.41 Å². The molecule has 1 aliphatic rings. The molecule has 0 spiro atoms. The van der Waals surface area contributed by atoms with E-state index in [-0.39, 0.29) is 26.7 Å². The molecule has 3 rings (SSSR count). The number of sulfone groups is 1. The standard InChI is InChI=1S/C20H15Cl2F3N2O5S/c1-10-5-11(3-4-15(10)18(28)31-9-26)16-17(33(2,29)30)19(32-27-16,20(23,24)25)12-6-13(21)8-14(22)7-12/h3-9,17,26H,1-2H3. The molecule has 0 saturated carbocycles. The van der Waals surface area contributed by atoms with Gasteiger partial charge in [0.1, 0.15) is 5.71 Å². The van der Waals surface area contributed by atoms with Gasteiger partial charge in [0.05, 0.1) is 5.56 Å². The fourth-order valence-corrected chi connectivity index (χ4v) is 5.65. The summed E-state index contributed by atoms with van der Waals surface area (Å²) < 4.78 is 73.6. The summed E-state index contributed by atoms with van der Waals surface area (Å²) in [5, 5.41) is 7.76. The van der Waals surface area contributed by atoms with Gasteiger partial charge in [-0.1, -0.05) is 34.4 Å². The number of benzene rings is 2. The lowest BCUT2D eigenvalue weighted by molar-refractivity contribution is -0.274. The third-order valence-electron chi connectivity index (χ3n) is 4.95. The molecule has 1 N–H and O–H groups in total. The molecule has 1 heterocycles. The Bertz CT molecular complexity index is 1260. The molecule has 13 heteroatoms. The van der Waals surface area contributed by atoms with Gasteiger partial charge in [0.15, 0.2) is 21.5 Å². The third kappa shape index (κ3) is 4.44. The van der Waals surface area contributed by atoms with Crippen LogP contribution in [-0.4, -0.2) is 44.2 Å². The van der Waals surface area contributed by atoms with E-state index in [0.717, 1.165) is 12.1 Å². The van der Waals surface area contributed by atoms with Gasteiger partial charge in [0.2, 0.25) is 0 Å². The first-order valence-corrected chi connectivity index (χ1v) is 11.7. The summed E-state index contributed by atoms with van der Waals surface area (Å²) in [4.78, 5) is 16.8. The zero-order valence-electron chi connectivity index (χ0n) is 16.9. The van der Waals surface area contributed by atoms with E-state index < -0.39 is 44.1 Å². The highest BCUT2D eigenvalue weighted by molar-refractivity contribution is 7.92. The monoisotopic (exact) mass is 522 g/mol. The molecule has 0 fully saturated rings. The zero-order valence-corrected chi connectivity index (χ0v) is 19.2. The number of hydrogen-bond acceptors (Lipinski definition) is 7. The Hall–Kier alpha value is -2.63. The van der Waals surface area contributed by atoms with Gasteiger partial charge < -0.3 is 9.57 Å². The van der Waals surface area contributed by atoms with E-state index in [0.29, 0.717) is 12.7 Å². The highest BCUT2D eigenvalue weighted by Crippen LogP contribution is 2.52. The van der Waals surface area contributed by atoms with Crippen LogP contribution in [0.1, 0.15) is 27.0 Å². The van der Waals surface area contributed by atoms with Crippen molar-refractivity contribution in [3.8, 4) is 0 Å². The molecule has 0 aromatic heterocycles. The van der Waals surface area contributed by atoms with Gasteiger partial charge in [-0.15, -0.1) is 0 Å². The van der Waals surface area contributed by atoms with Crippen LogP contribution in [0.25, 0.3) is 0 Å². The van der Waals surface area contributed by atoms with Crippen molar-refractivity contribution >= 4 is 51.1 Å². The number of nitrogens with zero attached hydrogens (tertiary/aromatic N) is 1. The molecule has 2 aromatic carbocycles. The molecule has 0 amide bonds. The van der Waals surface area contributed by atoms with E-state index in [4.69, 9.17) is 33.4 Å². The summed E-state index contributed by atoms with van der Waals surface area (Å²) >= 11 is 11.8. The second-order valence-electron chi connectivity index (χ2n) is 7.22. The smallest absolute Gasteiger partial charge is 0.411 e. The fraction of sp³-hybridized carbons (Fsp3) is 0.250. The summed E-state index contributed by atoms with van der Waals surface area (Å²) in [6.45, 7) is 1.46. The first-order valence-electron chi connectivity index (χ1n) is 9.01. The van der Waals surface area contributed by atoms with Crippen molar-refractivity contribution in [3.63, 3.8) is 0 Å². The number of carbonyl (C=O) groups excluding carboxylic acids is 1. The third-order valence-corrected chi connectivity index (χ3v) is 6.80. The summed E-state index contributed by atoms with van der Waals surface area (Å²) in [7, 11) is -4.50. The first kappa shape index (κ1) is 25.0. The Morgan fingerprint density at radius 3 is 2.30 bits per heavy atom. The van der Waals surface area contributed by atoms with Crippen molar-refractivity contribution in [2.75, 3.05) is 6.26 Å². The fourth-order valence-electron chi connectivity index (χ4n) is 3.62. The minimum atomic E-state index is -5.25. The van der Waals surface area contributed by atoms with Crippen molar-refractivity contribution in [2.24, 2.45) is 5.16 Å². The topological polar surface area (TPSA) is 106 Å². The average Bonchev–Trinajstić information content (AvgIpc) is 3.09. The quantitative estimate of drug-likeness (QED) is 0.349. The Labute approximate surface area is 196 Å². The Balaban J connectivity index is 2.23. The molecule has 0 saturated heterocycles. The van der Waals surface area contributed by atoms with Crippen molar-refractivity contribution in [2.45, 2.75) is 24.0 Å². The molecule has 2 aromatic rings. The van der Waals surface area contributed by atoms with Crippen molar-refractivity contribution in [3.05, 3.63) is 68.7 Å². The lowest BCUT2D eigenvalue weighted by Gasteiger charge is -2.34. The van der Waals surface area contributed by atoms with Crippen LogP contribution in [0.15, 0.2) is 41.6 Å². The van der Waals surface area contributed by atoms with Gasteiger partial charge in [-0.05, 0) is 42.8 Å². The highest BCUT2D eigenvalue weighted by Gasteiger charge is 2.71. The van der Waals surface area contributed by atoms with E-state index in [1.165, 1.54) is 31.2 Å². The molecule has 0 aliphatic carbocycles. The molecule has 7 nitrogen and oxygen atoms in total. The van der Waals surface area contributed by atoms with Crippen LogP contribution in [-0.2, 0) is 25.0 Å². The predicted octanol–water partition coefficient (Wildman–Crippen LogP) is 4.67. The molecule has 2 unspecified atom stereocenters. The maximum atomic E-state index is 14.5. The number of alkyl halides is 3. The van der Waals surface area contributed by atoms with E-state index in [1.807, 2.05) is 0 Å². The molecule has 0 bridgehead atoms. The van der Waals surface area contributed by atoms with Gasteiger partial charge in [-0.25, -0.2) is 13.2 Å². The average molecular weight is 523 g/mol. The van der Waals surface area contributed by atoms with Crippen LogP contribution in [0.3, 0.4) is 0 Å². The number of nitrogens with one attached hydrogen (secondary N) is 1. The number of oxime groups is 1. The maximum Gasteiger partial charge on any atom is 0.437 e. The van der Waals surface area contributed by atoms with Crippen LogP contribution in [0.2, 0.25) is 10.0 Å². The van der Waals surface area contributed by atoms with Gasteiger partial charge in [-0.2, -0.15) is 13.2 Å². The first-order chi connectivity index (χ1) is 15.2. The van der Waals surface area contributed by atoms with Crippen molar-refractivity contribution in [1.29, 1.82) is 5.41 Å². The molecule has 176 valence electrons. The molecule has 0 radical (unpaired) electrons. The highest BCUT2D eigenvalue weighted by atomic mass is 35.5. The molecular formula is C20H15Cl2F3N2O5S. The molecule has 33 heavy (non-hydrogen) atoms. The lowest BCUT2D eigenvalue weighted by atomic mass is 9.85. The SMILES string of the molecule is Cc1cc(C2=NOC(c3cc(Cl)cc(Cl)c3)(C(F)(F)F)C2S(C)(=O)=O)ccc1C(=O)OC=N. The lowest BCUT2D eigenvalue weighted by Crippen LogP contribution is -2.55.